The molecule has 0 radical (unpaired) electrons. The molecule has 0 saturated carbocycles. The van der Waals surface area contributed by atoms with Crippen LogP contribution in [0.1, 0.15) is 0 Å². The maximum atomic E-state index is 13.4. The largest absolute Gasteiger partial charge is 2.00 e. The molecule has 4 aromatic carbocycles. The number of halogens is 2. The first kappa shape index (κ1) is 23.3. The van der Waals surface area contributed by atoms with Gasteiger partial charge in [-0.15, -0.1) is 11.6 Å². The zero-order valence-electron chi connectivity index (χ0n) is 15.1. The van der Waals surface area contributed by atoms with E-state index >= 15 is 0 Å². The average molecular weight is 487 g/mol. The summed E-state index contributed by atoms with van der Waals surface area (Å²) in [6.45, 7) is 0. The average Bonchev–Trinajstić information content (AvgIpc) is 3.38. The molecule has 3 nitrogen and oxygen atoms in total. The number of benzene rings is 2. The zero-order valence-corrected chi connectivity index (χ0v) is 18.6. The summed E-state index contributed by atoms with van der Waals surface area (Å²) in [6, 6.07) is 30.7. The van der Waals surface area contributed by atoms with Crippen LogP contribution < -0.4 is 14.4 Å². The predicted molar refractivity (Wildman–Crippen MR) is 115 cm³/mol. The molecule has 0 aliphatic rings. The molecule has 0 atom stereocenters. The van der Waals surface area contributed by atoms with E-state index in [9.17, 15) is 4.57 Å². The third-order valence-corrected chi connectivity index (χ3v) is 6.43. The molecule has 0 fully saturated rings. The van der Waals surface area contributed by atoms with Gasteiger partial charge >= 0.3 is 24.7 Å². The summed E-state index contributed by atoms with van der Waals surface area (Å²) < 4.78 is 24.8. The predicted octanol–water partition coefficient (Wildman–Crippen LogP) is 7.09. The van der Waals surface area contributed by atoms with Crippen molar-refractivity contribution >= 4 is 36.1 Å². The summed E-state index contributed by atoms with van der Waals surface area (Å²) in [7, 11) is -3.75. The SMILES string of the molecule is O=P(Oc1ccccc1)(Oc1ccccc1)[c-]1ccc(Cl)c1Cl.[Fe+2].c1cc[cH-]c1. The summed E-state index contributed by atoms with van der Waals surface area (Å²) in [6.07, 6.45) is 0. The molecule has 0 aliphatic carbocycles. The Labute approximate surface area is 190 Å². The molecule has 4 rings (SSSR count). The van der Waals surface area contributed by atoms with Gasteiger partial charge in [-0.25, -0.2) is 16.7 Å². The number of hydrogen-bond acceptors (Lipinski definition) is 3. The van der Waals surface area contributed by atoms with Crippen molar-refractivity contribution in [1.29, 1.82) is 0 Å². The first-order valence-corrected chi connectivity index (χ1v) is 10.8. The summed E-state index contributed by atoms with van der Waals surface area (Å²) in [5, 5.41) is 0.703. The molecule has 0 N–H and O–H groups in total. The number of para-hydroxylation sites is 2. The minimum absolute atomic E-state index is 0. The van der Waals surface area contributed by atoms with Crippen LogP contribution in [0.5, 0.6) is 11.5 Å². The maximum absolute atomic E-state index is 13.4. The number of hydrogen-bond donors (Lipinski definition) is 0. The summed E-state index contributed by atoms with van der Waals surface area (Å²) in [5.41, 5.74) is 0. The van der Waals surface area contributed by atoms with Gasteiger partial charge in [-0.05, 0) is 34.6 Å². The van der Waals surface area contributed by atoms with Crippen molar-refractivity contribution in [2.75, 3.05) is 0 Å². The summed E-state index contributed by atoms with van der Waals surface area (Å²) >= 11 is 12.1. The molecule has 0 unspecified atom stereocenters. The molecule has 0 aliphatic heterocycles. The van der Waals surface area contributed by atoms with Crippen LogP contribution in [0.4, 0.5) is 0 Å². The van der Waals surface area contributed by atoms with Gasteiger partial charge in [0, 0.05) is 0 Å². The molecule has 7 heteroatoms. The second kappa shape index (κ2) is 11.3. The van der Waals surface area contributed by atoms with Gasteiger partial charge in [0.15, 0.2) is 0 Å². The Morgan fingerprint density at radius 2 is 1.24 bits per heavy atom. The minimum atomic E-state index is -3.75. The van der Waals surface area contributed by atoms with Crippen LogP contribution in [0.3, 0.4) is 0 Å². The molecule has 0 spiro atoms. The zero-order chi connectivity index (χ0) is 19.8. The molecule has 29 heavy (non-hydrogen) atoms. The van der Waals surface area contributed by atoms with Gasteiger partial charge in [-0.2, -0.15) is 41.9 Å². The third kappa shape index (κ3) is 6.54. The van der Waals surface area contributed by atoms with E-state index in [-0.39, 0.29) is 27.4 Å². The van der Waals surface area contributed by atoms with Gasteiger partial charge in [0.05, 0.1) is 0 Å². The summed E-state index contributed by atoms with van der Waals surface area (Å²) in [5.74, 6) is 0.834. The van der Waals surface area contributed by atoms with Crippen molar-refractivity contribution < 1.29 is 30.7 Å². The van der Waals surface area contributed by atoms with E-state index in [1.54, 1.807) is 60.7 Å². The second-order valence-corrected chi connectivity index (χ2v) is 8.28. The fraction of sp³-hybridized carbons (Fsp3) is 0. The third-order valence-electron chi connectivity index (χ3n) is 3.61. The van der Waals surface area contributed by atoms with E-state index in [1.807, 2.05) is 42.5 Å². The summed E-state index contributed by atoms with van der Waals surface area (Å²) in [4.78, 5) is 0. The normalized spacial score (nSPS) is 10.3. The van der Waals surface area contributed by atoms with Crippen LogP contribution in [0, 0.1) is 0 Å². The molecule has 0 bridgehead atoms. The van der Waals surface area contributed by atoms with E-state index in [2.05, 4.69) is 0 Å². The van der Waals surface area contributed by atoms with Crippen LogP contribution in [0.15, 0.2) is 103 Å². The Bertz CT molecular complexity index is 956. The van der Waals surface area contributed by atoms with Crippen LogP contribution in [0.25, 0.3) is 0 Å². The van der Waals surface area contributed by atoms with Crippen molar-refractivity contribution in [3.05, 3.63) is 113 Å². The quantitative estimate of drug-likeness (QED) is 0.171. The fourth-order valence-corrected chi connectivity index (χ4v) is 4.63. The second-order valence-electron chi connectivity index (χ2n) is 5.65. The van der Waals surface area contributed by atoms with Crippen LogP contribution >= 0.6 is 30.8 Å². The Morgan fingerprint density at radius 1 is 0.759 bits per heavy atom. The first-order valence-electron chi connectivity index (χ1n) is 8.46. The van der Waals surface area contributed by atoms with Gasteiger partial charge in [0.2, 0.25) is 0 Å². The molecule has 0 aromatic heterocycles. The molecular weight excluding hydrogens is 470 g/mol. The van der Waals surface area contributed by atoms with E-state index in [1.165, 1.54) is 0 Å². The van der Waals surface area contributed by atoms with E-state index in [0.29, 0.717) is 16.5 Å². The van der Waals surface area contributed by atoms with Crippen LogP contribution in [0.2, 0.25) is 10.0 Å². The van der Waals surface area contributed by atoms with Gasteiger partial charge < -0.3 is 9.05 Å². The molecular formula is C22H17Cl2FeO3P. The van der Waals surface area contributed by atoms with Crippen LogP contribution in [-0.4, -0.2) is 0 Å². The minimum Gasteiger partial charge on any atom is -0.421 e. The van der Waals surface area contributed by atoms with E-state index in [0.717, 1.165) is 0 Å². The van der Waals surface area contributed by atoms with Gasteiger partial charge in [0.1, 0.15) is 11.5 Å². The molecule has 150 valence electrons. The molecule has 0 saturated heterocycles. The Morgan fingerprint density at radius 3 is 1.59 bits per heavy atom. The maximum Gasteiger partial charge on any atom is 2.00 e. The Kier molecular flexibility index (Phi) is 9.10. The number of rotatable bonds is 5. The monoisotopic (exact) mass is 486 g/mol. The van der Waals surface area contributed by atoms with Crippen molar-refractivity contribution in [3.63, 3.8) is 0 Å². The van der Waals surface area contributed by atoms with Gasteiger partial charge in [-0.3, -0.25) is 0 Å². The Hall–Kier alpha value is -1.93. The first-order chi connectivity index (χ1) is 13.6. The molecule has 4 aromatic rings. The van der Waals surface area contributed by atoms with Crippen molar-refractivity contribution in [1.82, 2.24) is 0 Å². The standard InChI is InChI=1S/C17H12Cl2O3P.C5H5.Fe/c18-15-11-12-16(17(15)19)23(20,21-13-7-3-1-4-8-13)22-14-9-5-2-6-10-14;1-2-4-5-3-1;/h1-12H;1-5H;/q2*-1;+2. The smallest absolute Gasteiger partial charge is 0.421 e. The van der Waals surface area contributed by atoms with Crippen molar-refractivity contribution in [3.8, 4) is 11.5 Å². The molecule has 0 heterocycles. The van der Waals surface area contributed by atoms with E-state index in [4.69, 9.17) is 32.2 Å². The Balaban J connectivity index is 0.000000437. The fourth-order valence-electron chi connectivity index (χ4n) is 2.31. The van der Waals surface area contributed by atoms with Crippen LogP contribution in [-0.2, 0) is 21.6 Å². The van der Waals surface area contributed by atoms with E-state index < -0.39 is 7.60 Å². The van der Waals surface area contributed by atoms with Crippen molar-refractivity contribution in [2.24, 2.45) is 0 Å². The molecule has 0 amide bonds. The van der Waals surface area contributed by atoms with Crippen molar-refractivity contribution in [2.45, 2.75) is 0 Å². The topological polar surface area (TPSA) is 35.5 Å². The van der Waals surface area contributed by atoms with Gasteiger partial charge in [-0.1, -0.05) is 41.4 Å². The van der Waals surface area contributed by atoms with Gasteiger partial charge in [0.25, 0.3) is 0 Å².